The number of halogens is 2. The second kappa shape index (κ2) is 4.57. The van der Waals surface area contributed by atoms with Gasteiger partial charge in [-0.3, -0.25) is 24.3 Å². The van der Waals surface area contributed by atoms with E-state index >= 15 is 0 Å². The fourth-order valence-corrected chi connectivity index (χ4v) is 2.39. The van der Waals surface area contributed by atoms with E-state index in [-0.39, 0.29) is 16.8 Å². The van der Waals surface area contributed by atoms with Crippen LogP contribution in [0.1, 0.15) is 20.7 Å². The van der Waals surface area contributed by atoms with Crippen LogP contribution in [0.5, 0.6) is 5.75 Å². The van der Waals surface area contributed by atoms with E-state index in [9.17, 15) is 23.9 Å². The zero-order valence-electron chi connectivity index (χ0n) is 10.7. The van der Waals surface area contributed by atoms with Gasteiger partial charge in [-0.25, -0.2) is 4.39 Å². The molecule has 0 spiro atoms. The molecule has 0 radical (unpaired) electrons. The number of carbonyl (C=O) groups excluding carboxylic acids is 2. The molecule has 7 nitrogen and oxygen atoms in total. The van der Waals surface area contributed by atoms with Crippen LogP contribution in [0.15, 0.2) is 23.0 Å². The fourth-order valence-electron chi connectivity index (χ4n) is 2.23. The second-order valence-corrected chi connectivity index (χ2v) is 4.88. The van der Waals surface area contributed by atoms with Crippen LogP contribution < -0.4 is 16.6 Å². The second-order valence-electron chi connectivity index (χ2n) is 4.51. The van der Waals surface area contributed by atoms with Crippen LogP contribution in [0.2, 0.25) is 5.02 Å². The number of phenolic OH excluding ortho intramolecular Hbond substituents is 1. The normalized spacial score (nSPS) is 13.2. The Morgan fingerprint density at radius 2 is 1.91 bits per heavy atom. The van der Waals surface area contributed by atoms with Gasteiger partial charge in [0.15, 0.2) is 5.82 Å². The number of hydrogen-bond acceptors (Lipinski definition) is 5. The lowest BCUT2D eigenvalue weighted by Crippen LogP contribution is -2.24. The molecule has 0 unspecified atom stereocenters. The smallest absolute Gasteiger partial charge is 0.262 e. The zero-order chi connectivity index (χ0) is 16.2. The summed E-state index contributed by atoms with van der Waals surface area (Å²) < 4.78 is 14.9. The molecule has 0 atom stereocenters. The van der Waals surface area contributed by atoms with Crippen LogP contribution in [0.4, 0.5) is 10.2 Å². The summed E-state index contributed by atoms with van der Waals surface area (Å²) in [5.41, 5.74) is 4.20. The Kier molecular flexibility index (Phi) is 2.92. The number of nitrogens with zero attached hydrogens (tertiary/aromatic N) is 1. The van der Waals surface area contributed by atoms with Gasteiger partial charge in [-0.15, -0.1) is 0 Å². The van der Waals surface area contributed by atoms with Crippen LogP contribution in [0.3, 0.4) is 0 Å². The standard InChI is InChI=1S/C13H7ClFN3O4/c14-9-6(19)2-1-5(10(9)15)18-7(20)3-4-8(11(18)16)13(22)17-12(4)21/h1-3,19H,16H2,(H,17,21,22). The Balaban J connectivity index is 2.38. The number of anilines is 1. The monoisotopic (exact) mass is 323 g/mol. The third kappa shape index (κ3) is 1.77. The number of fused-ring (bicyclic) bond motifs is 1. The molecule has 2 aromatic rings. The van der Waals surface area contributed by atoms with Crippen LogP contribution in [0.25, 0.3) is 5.69 Å². The Morgan fingerprint density at radius 3 is 2.59 bits per heavy atom. The predicted octanol–water partition coefficient (Wildman–Crippen LogP) is 0.801. The van der Waals surface area contributed by atoms with Crippen molar-refractivity contribution in [1.82, 2.24) is 9.88 Å². The summed E-state index contributed by atoms with van der Waals surface area (Å²) in [5.74, 6) is -3.52. The van der Waals surface area contributed by atoms with Crippen molar-refractivity contribution in [3.05, 3.63) is 50.5 Å². The minimum atomic E-state index is -1.08. The molecule has 2 amide bonds. The van der Waals surface area contributed by atoms with Gasteiger partial charge in [0.1, 0.15) is 16.6 Å². The summed E-state index contributed by atoms with van der Waals surface area (Å²) in [5, 5.41) is 10.7. The van der Waals surface area contributed by atoms with E-state index in [1.165, 1.54) is 0 Å². The first kappa shape index (κ1) is 14.1. The fraction of sp³-hybridized carbons (Fsp3) is 0. The summed E-state index contributed by atoms with van der Waals surface area (Å²) >= 11 is 5.59. The number of rotatable bonds is 1. The topological polar surface area (TPSA) is 114 Å². The van der Waals surface area contributed by atoms with Crippen molar-refractivity contribution < 1.29 is 19.1 Å². The highest BCUT2D eigenvalue weighted by molar-refractivity contribution is 6.32. The molecule has 1 aromatic carbocycles. The highest BCUT2D eigenvalue weighted by atomic mass is 35.5. The summed E-state index contributed by atoms with van der Waals surface area (Å²) in [7, 11) is 0. The maximum absolute atomic E-state index is 14.2. The van der Waals surface area contributed by atoms with Crippen molar-refractivity contribution in [1.29, 1.82) is 0 Å². The van der Waals surface area contributed by atoms with Crippen molar-refractivity contribution in [2.24, 2.45) is 0 Å². The predicted molar refractivity (Wildman–Crippen MR) is 74.9 cm³/mol. The van der Waals surface area contributed by atoms with Crippen molar-refractivity contribution in [2.45, 2.75) is 0 Å². The van der Waals surface area contributed by atoms with Gasteiger partial charge in [-0.05, 0) is 12.1 Å². The molecule has 0 bridgehead atoms. The average molecular weight is 324 g/mol. The van der Waals surface area contributed by atoms with Gasteiger partial charge < -0.3 is 10.8 Å². The third-order valence-corrected chi connectivity index (χ3v) is 3.60. The number of nitrogens with one attached hydrogen (secondary N) is 1. The average Bonchev–Trinajstić information content (AvgIpc) is 2.73. The van der Waals surface area contributed by atoms with Crippen LogP contribution in [-0.2, 0) is 0 Å². The summed E-state index contributed by atoms with van der Waals surface area (Å²) in [4.78, 5) is 35.4. The molecular weight excluding hydrogens is 317 g/mol. The number of nitrogens with two attached hydrogens (primary N) is 1. The highest BCUT2D eigenvalue weighted by Gasteiger charge is 2.32. The largest absolute Gasteiger partial charge is 0.506 e. The molecule has 1 aromatic heterocycles. The van der Waals surface area contributed by atoms with E-state index in [0.717, 1.165) is 18.2 Å². The van der Waals surface area contributed by atoms with E-state index in [2.05, 4.69) is 0 Å². The van der Waals surface area contributed by atoms with Crippen molar-refractivity contribution >= 4 is 29.2 Å². The highest BCUT2D eigenvalue weighted by Crippen LogP contribution is 2.31. The van der Waals surface area contributed by atoms with Gasteiger partial charge in [0, 0.05) is 6.07 Å². The summed E-state index contributed by atoms with van der Waals surface area (Å²) in [6, 6.07) is 3.03. The van der Waals surface area contributed by atoms with Gasteiger partial charge in [0.25, 0.3) is 17.4 Å². The molecular formula is C13H7ClFN3O4. The van der Waals surface area contributed by atoms with E-state index in [0.29, 0.717) is 4.57 Å². The molecule has 112 valence electrons. The molecule has 0 aliphatic carbocycles. The first-order valence-electron chi connectivity index (χ1n) is 5.91. The minimum Gasteiger partial charge on any atom is -0.506 e. The van der Waals surface area contributed by atoms with Gasteiger partial charge >= 0.3 is 0 Å². The zero-order valence-corrected chi connectivity index (χ0v) is 11.4. The maximum atomic E-state index is 14.2. The van der Waals surface area contributed by atoms with Crippen LogP contribution in [-0.4, -0.2) is 21.5 Å². The van der Waals surface area contributed by atoms with E-state index < -0.39 is 39.8 Å². The van der Waals surface area contributed by atoms with Gasteiger partial charge in [0.2, 0.25) is 0 Å². The molecule has 2 heterocycles. The van der Waals surface area contributed by atoms with E-state index in [4.69, 9.17) is 17.3 Å². The van der Waals surface area contributed by atoms with Crippen molar-refractivity contribution in [2.75, 3.05) is 5.73 Å². The van der Waals surface area contributed by atoms with Crippen molar-refractivity contribution in [3.63, 3.8) is 0 Å². The first-order valence-corrected chi connectivity index (χ1v) is 6.29. The Morgan fingerprint density at radius 1 is 1.23 bits per heavy atom. The Hall–Kier alpha value is -2.87. The molecule has 0 saturated carbocycles. The molecule has 9 heteroatoms. The molecule has 3 rings (SSSR count). The SMILES string of the molecule is Nc1c2c(cc(=O)n1-c1ccc(O)c(Cl)c1F)C(=O)NC2=O. The first-order chi connectivity index (χ1) is 10.3. The number of carbonyl (C=O) groups is 2. The van der Waals surface area contributed by atoms with Gasteiger partial charge in [0.05, 0.1) is 16.8 Å². The van der Waals surface area contributed by atoms with E-state index in [1.807, 2.05) is 5.32 Å². The quantitative estimate of drug-likeness (QED) is 0.672. The Bertz CT molecular complexity index is 922. The van der Waals surface area contributed by atoms with Crippen LogP contribution >= 0.6 is 11.6 Å². The molecule has 22 heavy (non-hydrogen) atoms. The molecule has 0 saturated heterocycles. The molecule has 4 N–H and O–H groups in total. The third-order valence-electron chi connectivity index (χ3n) is 3.24. The number of phenols is 1. The lowest BCUT2D eigenvalue weighted by molar-refractivity contribution is 0.0880. The van der Waals surface area contributed by atoms with Crippen molar-refractivity contribution in [3.8, 4) is 11.4 Å². The Labute approximate surface area is 126 Å². The number of aromatic nitrogens is 1. The van der Waals surface area contributed by atoms with Crippen LogP contribution in [0, 0.1) is 5.82 Å². The number of hydrogen-bond donors (Lipinski definition) is 3. The molecule has 1 aliphatic rings. The number of nitrogen functional groups attached to an aromatic ring is 1. The number of pyridine rings is 1. The number of aromatic hydroxyl groups is 1. The summed E-state index contributed by atoms with van der Waals surface area (Å²) in [6.07, 6.45) is 0. The lowest BCUT2D eigenvalue weighted by atomic mass is 10.1. The molecule has 0 fully saturated rings. The molecule has 1 aliphatic heterocycles. The number of imide groups is 1. The van der Waals surface area contributed by atoms with Gasteiger partial charge in [-0.2, -0.15) is 0 Å². The number of benzene rings is 1. The maximum Gasteiger partial charge on any atom is 0.262 e. The minimum absolute atomic E-state index is 0.172. The van der Waals surface area contributed by atoms with Gasteiger partial charge in [-0.1, -0.05) is 11.6 Å². The number of amides is 2. The van der Waals surface area contributed by atoms with E-state index in [1.54, 1.807) is 0 Å². The lowest BCUT2D eigenvalue weighted by Gasteiger charge is -2.13. The summed E-state index contributed by atoms with van der Waals surface area (Å²) in [6.45, 7) is 0.